The standard InChI is InChI=1S/C16H33NO2/c1-3-5-11-19-13-15(18)12-17-16(4-2)14-9-7-6-8-10-14/h14-18H,3-13H2,1-2H3. The third kappa shape index (κ3) is 7.28. The molecular formula is C16H33NO2. The maximum atomic E-state index is 9.90. The van der Waals surface area contributed by atoms with Gasteiger partial charge in [0.15, 0.2) is 0 Å². The Labute approximate surface area is 119 Å². The van der Waals surface area contributed by atoms with Crippen molar-refractivity contribution in [1.29, 1.82) is 0 Å². The average Bonchev–Trinajstić information content (AvgIpc) is 2.45. The molecule has 2 unspecified atom stereocenters. The molecule has 1 rings (SSSR count). The molecule has 3 heteroatoms. The lowest BCUT2D eigenvalue weighted by molar-refractivity contribution is 0.0329. The molecule has 2 atom stereocenters. The van der Waals surface area contributed by atoms with E-state index in [9.17, 15) is 5.11 Å². The molecule has 0 aliphatic heterocycles. The van der Waals surface area contributed by atoms with Gasteiger partial charge in [0.25, 0.3) is 0 Å². The first-order chi connectivity index (χ1) is 9.27. The van der Waals surface area contributed by atoms with E-state index in [1.54, 1.807) is 0 Å². The van der Waals surface area contributed by atoms with Crippen LogP contribution in [0.25, 0.3) is 0 Å². The number of hydrogen-bond donors (Lipinski definition) is 2. The molecule has 114 valence electrons. The van der Waals surface area contributed by atoms with Crippen molar-refractivity contribution in [2.75, 3.05) is 19.8 Å². The Balaban J connectivity index is 2.13. The van der Waals surface area contributed by atoms with Crippen LogP contribution in [0.3, 0.4) is 0 Å². The number of hydrogen-bond acceptors (Lipinski definition) is 3. The van der Waals surface area contributed by atoms with Crippen LogP contribution in [0.4, 0.5) is 0 Å². The van der Waals surface area contributed by atoms with Gasteiger partial charge in [-0.05, 0) is 31.6 Å². The maximum Gasteiger partial charge on any atom is 0.0897 e. The largest absolute Gasteiger partial charge is 0.389 e. The summed E-state index contributed by atoms with van der Waals surface area (Å²) < 4.78 is 5.46. The molecular weight excluding hydrogens is 238 g/mol. The Morgan fingerprint density at radius 1 is 1.21 bits per heavy atom. The second-order valence-corrected chi connectivity index (χ2v) is 5.90. The quantitative estimate of drug-likeness (QED) is 0.600. The van der Waals surface area contributed by atoms with Crippen molar-refractivity contribution >= 4 is 0 Å². The van der Waals surface area contributed by atoms with Crippen LogP contribution in [-0.2, 0) is 4.74 Å². The Bertz CT molecular complexity index is 205. The molecule has 0 aromatic carbocycles. The van der Waals surface area contributed by atoms with Crippen LogP contribution in [0, 0.1) is 5.92 Å². The molecule has 1 aliphatic rings. The third-order valence-electron chi connectivity index (χ3n) is 4.23. The average molecular weight is 271 g/mol. The van der Waals surface area contributed by atoms with Gasteiger partial charge in [-0.3, -0.25) is 0 Å². The minimum absolute atomic E-state index is 0.366. The predicted molar refractivity (Wildman–Crippen MR) is 80.4 cm³/mol. The fraction of sp³-hybridized carbons (Fsp3) is 1.00. The van der Waals surface area contributed by atoms with Gasteiger partial charge in [-0.1, -0.05) is 39.5 Å². The predicted octanol–water partition coefficient (Wildman–Crippen LogP) is 3.11. The smallest absolute Gasteiger partial charge is 0.0897 e. The van der Waals surface area contributed by atoms with Crippen molar-refractivity contribution in [3.8, 4) is 0 Å². The summed E-state index contributed by atoms with van der Waals surface area (Å²) in [6, 6.07) is 0.575. The van der Waals surface area contributed by atoms with E-state index in [2.05, 4.69) is 19.2 Å². The lowest BCUT2D eigenvalue weighted by atomic mass is 9.83. The van der Waals surface area contributed by atoms with Gasteiger partial charge in [0.2, 0.25) is 0 Å². The van der Waals surface area contributed by atoms with Gasteiger partial charge in [0.05, 0.1) is 12.7 Å². The SMILES string of the molecule is CCCCOCC(O)CNC(CC)C1CCCCC1. The number of ether oxygens (including phenoxy) is 1. The summed E-state index contributed by atoms with van der Waals surface area (Å²) >= 11 is 0. The zero-order chi connectivity index (χ0) is 13.9. The third-order valence-corrected chi connectivity index (χ3v) is 4.23. The molecule has 0 spiro atoms. The molecule has 0 aromatic heterocycles. The highest BCUT2D eigenvalue weighted by Gasteiger charge is 2.22. The molecule has 0 radical (unpaired) electrons. The highest BCUT2D eigenvalue weighted by Crippen LogP contribution is 2.27. The summed E-state index contributed by atoms with van der Waals surface area (Å²) in [4.78, 5) is 0. The summed E-state index contributed by atoms with van der Waals surface area (Å²) in [5.41, 5.74) is 0. The van der Waals surface area contributed by atoms with Gasteiger partial charge in [-0.15, -0.1) is 0 Å². The van der Waals surface area contributed by atoms with Crippen LogP contribution < -0.4 is 5.32 Å². The van der Waals surface area contributed by atoms with Gasteiger partial charge in [-0.2, -0.15) is 0 Å². The summed E-state index contributed by atoms with van der Waals surface area (Å²) in [5.74, 6) is 0.812. The molecule has 0 heterocycles. The van der Waals surface area contributed by atoms with E-state index in [0.717, 1.165) is 31.8 Å². The van der Waals surface area contributed by atoms with E-state index in [-0.39, 0.29) is 6.10 Å². The fourth-order valence-corrected chi connectivity index (χ4v) is 2.99. The highest BCUT2D eigenvalue weighted by molar-refractivity contribution is 4.79. The fourth-order valence-electron chi connectivity index (χ4n) is 2.99. The minimum atomic E-state index is -0.366. The highest BCUT2D eigenvalue weighted by atomic mass is 16.5. The van der Waals surface area contributed by atoms with E-state index in [0.29, 0.717) is 19.2 Å². The molecule has 3 nitrogen and oxygen atoms in total. The van der Waals surface area contributed by atoms with E-state index >= 15 is 0 Å². The molecule has 1 saturated carbocycles. The topological polar surface area (TPSA) is 41.5 Å². The molecule has 0 aromatic rings. The summed E-state index contributed by atoms with van der Waals surface area (Å²) in [6.45, 7) is 6.30. The van der Waals surface area contributed by atoms with E-state index in [1.165, 1.54) is 32.1 Å². The normalized spacial score (nSPS) is 20.4. The Hall–Kier alpha value is -0.120. The Kier molecular flexibility index (Phi) is 9.48. The maximum absolute atomic E-state index is 9.90. The zero-order valence-corrected chi connectivity index (χ0v) is 12.9. The van der Waals surface area contributed by atoms with Crippen LogP contribution in [0.1, 0.15) is 65.2 Å². The zero-order valence-electron chi connectivity index (χ0n) is 12.9. The van der Waals surface area contributed by atoms with Crippen LogP contribution in [0.5, 0.6) is 0 Å². The van der Waals surface area contributed by atoms with Crippen LogP contribution in [0.15, 0.2) is 0 Å². The molecule has 1 fully saturated rings. The van der Waals surface area contributed by atoms with Crippen LogP contribution in [-0.4, -0.2) is 37.0 Å². The van der Waals surface area contributed by atoms with Crippen LogP contribution in [0.2, 0.25) is 0 Å². The Morgan fingerprint density at radius 2 is 1.95 bits per heavy atom. The summed E-state index contributed by atoms with van der Waals surface area (Å²) in [7, 11) is 0. The van der Waals surface area contributed by atoms with Gasteiger partial charge in [0.1, 0.15) is 0 Å². The molecule has 0 amide bonds. The first kappa shape index (κ1) is 16.9. The minimum Gasteiger partial charge on any atom is -0.389 e. The number of aliphatic hydroxyl groups excluding tert-OH is 1. The molecule has 19 heavy (non-hydrogen) atoms. The van der Waals surface area contributed by atoms with Crippen molar-refractivity contribution in [2.24, 2.45) is 5.92 Å². The van der Waals surface area contributed by atoms with Crippen molar-refractivity contribution in [3.05, 3.63) is 0 Å². The van der Waals surface area contributed by atoms with Gasteiger partial charge >= 0.3 is 0 Å². The molecule has 0 saturated heterocycles. The second-order valence-electron chi connectivity index (χ2n) is 5.90. The second kappa shape index (κ2) is 10.6. The van der Waals surface area contributed by atoms with Gasteiger partial charge < -0.3 is 15.2 Å². The van der Waals surface area contributed by atoms with Crippen molar-refractivity contribution in [1.82, 2.24) is 5.32 Å². The summed E-state index contributed by atoms with van der Waals surface area (Å²) in [6.07, 6.45) is 9.90. The van der Waals surface area contributed by atoms with E-state index < -0.39 is 0 Å². The first-order valence-corrected chi connectivity index (χ1v) is 8.27. The molecule has 0 bridgehead atoms. The lowest BCUT2D eigenvalue weighted by Crippen LogP contribution is -2.42. The van der Waals surface area contributed by atoms with Crippen molar-refractivity contribution in [3.63, 3.8) is 0 Å². The van der Waals surface area contributed by atoms with Crippen LogP contribution >= 0.6 is 0 Å². The summed E-state index contributed by atoms with van der Waals surface area (Å²) in [5, 5.41) is 13.5. The van der Waals surface area contributed by atoms with Gasteiger partial charge in [-0.25, -0.2) is 0 Å². The van der Waals surface area contributed by atoms with E-state index in [1.807, 2.05) is 0 Å². The number of unbranched alkanes of at least 4 members (excludes halogenated alkanes) is 1. The van der Waals surface area contributed by atoms with Crippen molar-refractivity contribution < 1.29 is 9.84 Å². The van der Waals surface area contributed by atoms with Gasteiger partial charge in [0, 0.05) is 19.2 Å². The monoisotopic (exact) mass is 271 g/mol. The number of aliphatic hydroxyl groups is 1. The molecule has 1 aliphatic carbocycles. The number of rotatable bonds is 10. The van der Waals surface area contributed by atoms with Crippen molar-refractivity contribution in [2.45, 2.75) is 77.4 Å². The molecule has 2 N–H and O–H groups in total. The number of nitrogens with one attached hydrogen (secondary N) is 1. The lowest BCUT2D eigenvalue weighted by Gasteiger charge is -2.31. The Morgan fingerprint density at radius 3 is 2.58 bits per heavy atom. The first-order valence-electron chi connectivity index (χ1n) is 8.27. The van der Waals surface area contributed by atoms with E-state index in [4.69, 9.17) is 4.74 Å².